The van der Waals surface area contributed by atoms with Crippen LogP contribution in [-0.4, -0.2) is 16.6 Å². The van der Waals surface area contributed by atoms with Gasteiger partial charge < -0.3 is 0 Å². The van der Waals surface area contributed by atoms with Gasteiger partial charge in [0.05, 0.1) is 0 Å². The number of Topliss-reactive ketones (excluding diaryl/α,β-unsaturated/α-hetero) is 2. The van der Waals surface area contributed by atoms with Gasteiger partial charge >= 0.3 is 0 Å². The number of carbonyl (C=O) groups excluding carboxylic acids is 2. The summed E-state index contributed by atoms with van der Waals surface area (Å²) < 4.78 is 0. The number of aromatic nitrogens is 1. The van der Waals surface area contributed by atoms with Gasteiger partial charge in [-0.15, -0.1) is 0 Å². The minimum absolute atomic E-state index is 0.0441. The van der Waals surface area contributed by atoms with E-state index in [-0.39, 0.29) is 28.3 Å². The molecule has 1 rings (SSSR count). The highest BCUT2D eigenvalue weighted by Gasteiger charge is 2.29. The third-order valence-corrected chi connectivity index (χ3v) is 3.87. The van der Waals surface area contributed by atoms with Crippen molar-refractivity contribution in [1.82, 2.24) is 4.98 Å². The highest BCUT2D eigenvalue weighted by Crippen LogP contribution is 2.27. The second-order valence-electron chi connectivity index (χ2n) is 8.19. The second kappa shape index (κ2) is 7.17. The van der Waals surface area contributed by atoms with Crippen molar-refractivity contribution in [3.05, 3.63) is 30.1 Å². The Kier molecular flexibility index (Phi) is 6.04. The molecule has 0 unspecified atom stereocenters. The molecule has 0 N–H and O–H groups in total. The Morgan fingerprint density at radius 3 is 1.86 bits per heavy atom. The molecule has 0 aliphatic rings. The zero-order valence-electron chi connectivity index (χ0n) is 14.8. The van der Waals surface area contributed by atoms with Gasteiger partial charge in [-0.25, -0.2) is 0 Å². The minimum atomic E-state index is -0.363. The molecule has 0 bridgehead atoms. The molecule has 0 saturated carbocycles. The largest absolute Gasteiger partial charge is 0.299 e. The Morgan fingerprint density at radius 1 is 1.00 bits per heavy atom. The SMILES string of the molecule is CC(C)(C)C(=O)CC(CC(=O)C(C)(C)C)Cc1cccnc1. The van der Waals surface area contributed by atoms with E-state index >= 15 is 0 Å². The van der Waals surface area contributed by atoms with E-state index in [9.17, 15) is 9.59 Å². The van der Waals surface area contributed by atoms with Crippen LogP contribution < -0.4 is 0 Å². The lowest BCUT2D eigenvalue weighted by molar-refractivity contribution is -0.129. The van der Waals surface area contributed by atoms with Gasteiger partial charge in [0.1, 0.15) is 11.6 Å². The van der Waals surface area contributed by atoms with Crippen LogP contribution in [0.15, 0.2) is 24.5 Å². The Labute approximate surface area is 134 Å². The fraction of sp³-hybridized carbons (Fsp3) is 0.632. The van der Waals surface area contributed by atoms with Crippen molar-refractivity contribution < 1.29 is 9.59 Å². The standard InChI is InChI=1S/C19H29NO2/c1-18(2,3)16(21)11-15(12-17(22)19(4,5)6)10-14-8-7-9-20-13-14/h7-9,13,15H,10-12H2,1-6H3. The Morgan fingerprint density at radius 2 is 1.50 bits per heavy atom. The van der Waals surface area contributed by atoms with Gasteiger partial charge in [-0.05, 0) is 24.0 Å². The molecule has 0 saturated heterocycles. The van der Waals surface area contributed by atoms with Gasteiger partial charge in [0, 0.05) is 36.1 Å². The molecule has 22 heavy (non-hydrogen) atoms. The molecule has 0 radical (unpaired) electrons. The summed E-state index contributed by atoms with van der Waals surface area (Å²) in [4.78, 5) is 28.9. The number of rotatable bonds is 6. The predicted octanol–water partition coefficient (Wildman–Crippen LogP) is 4.25. The highest BCUT2D eigenvalue weighted by atomic mass is 16.1. The van der Waals surface area contributed by atoms with Crippen molar-refractivity contribution in [2.45, 2.75) is 60.8 Å². The first-order chi connectivity index (χ1) is 10.00. The fourth-order valence-electron chi connectivity index (χ4n) is 2.21. The third-order valence-electron chi connectivity index (χ3n) is 3.87. The van der Waals surface area contributed by atoms with Crippen LogP contribution in [0, 0.1) is 16.7 Å². The van der Waals surface area contributed by atoms with Crippen molar-refractivity contribution in [3.63, 3.8) is 0 Å². The van der Waals surface area contributed by atoms with E-state index in [4.69, 9.17) is 0 Å². The minimum Gasteiger partial charge on any atom is -0.299 e. The van der Waals surface area contributed by atoms with Gasteiger partial charge in [-0.1, -0.05) is 47.6 Å². The normalized spacial score (nSPS) is 12.5. The first kappa shape index (κ1) is 18.5. The second-order valence-corrected chi connectivity index (χ2v) is 8.19. The molecule has 0 aromatic carbocycles. The van der Waals surface area contributed by atoms with Crippen molar-refractivity contribution in [2.24, 2.45) is 16.7 Å². The van der Waals surface area contributed by atoms with Crippen LogP contribution in [0.25, 0.3) is 0 Å². The molecule has 1 aromatic rings. The molecule has 0 fully saturated rings. The quantitative estimate of drug-likeness (QED) is 0.789. The Balaban J connectivity index is 2.85. The first-order valence-corrected chi connectivity index (χ1v) is 7.95. The number of hydrogen-bond acceptors (Lipinski definition) is 3. The van der Waals surface area contributed by atoms with Crippen LogP contribution in [0.5, 0.6) is 0 Å². The maximum atomic E-state index is 12.4. The van der Waals surface area contributed by atoms with E-state index in [0.29, 0.717) is 12.8 Å². The Bertz CT molecular complexity index is 478. The van der Waals surface area contributed by atoms with E-state index in [1.807, 2.05) is 59.9 Å². The van der Waals surface area contributed by atoms with Gasteiger partial charge in [0.2, 0.25) is 0 Å². The molecule has 3 heteroatoms. The molecule has 0 aliphatic heterocycles. The van der Waals surface area contributed by atoms with Gasteiger partial charge in [-0.3, -0.25) is 14.6 Å². The zero-order chi connectivity index (χ0) is 17.0. The lowest BCUT2D eigenvalue weighted by atomic mass is 9.78. The predicted molar refractivity (Wildman–Crippen MR) is 89.6 cm³/mol. The maximum absolute atomic E-state index is 12.4. The molecule has 0 spiro atoms. The van der Waals surface area contributed by atoms with E-state index in [1.165, 1.54) is 0 Å². The number of hydrogen-bond donors (Lipinski definition) is 0. The molecule has 1 heterocycles. The molecule has 0 aliphatic carbocycles. The summed E-state index contributed by atoms with van der Waals surface area (Å²) >= 11 is 0. The summed E-state index contributed by atoms with van der Waals surface area (Å²) in [5.74, 6) is 0.467. The fourth-order valence-corrected chi connectivity index (χ4v) is 2.21. The van der Waals surface area contributed by atoms with E-state index in [0.717, 1.165) is 12.0 Å². The van der Waals surface area contributed by atoms with Crippen LogP contribution in [0.1, 0.15) is 59.9 Å². The van der Waals surface area contributed by atoms with Crippen molar-refractivity contribution in [2.75, 3.05) is 0 Å². The topological polar surface area (TPSA) is 47.0 Å². The maximum Gasteiger partial charge on any atom is 0.138 e. The molecular weight excluding hydrogens is 274 g/mol. The summed E-state index contributed by atoms with van der Waals surface area (Å²) in [5.41, 5.74) is 0.353. The number of ketones is 2. The van der Waals surface area contributed by atoms with Gasteiger partial charge in [-0.2, -0.15) is 0 Å². The molecular formula is C19H29NO2. The third kappa shape index (κ3) is 6.08. The monoisotopic (exact) mass is 303 g/mol. The van der Waals surface area contributed by atoms with Gasteiger partial charge in [0.25, 0.3) is 0 Å². The van der Waals surface area contributed by atoms with Crippen LogP contribution in [-0.2, 0) is 16.0 Å². The molecule has 1 aromatic heterocycles. The summed E-state index contributed by atoms with van der Waals surface area (Å²) in [6, 6.07) is 3.90. The summed E-state index contributed by atoms with van der Waals surface area (Å²) in [6.45, 7) is 11.6. The molecule has 122 valence electrons. The smallest absolute Gasteiger partial charge is 0.138 e. The first-order valence-electron chi connectivity index (χ1n) is 7.95. The van der Waals surface area contributed by atoms with Gasteiger partial charge in [0.15, 0.2) is 0 Å². The average Bonchev–Trinajstić information content (AvgIpc) is 2.37. The van der Waals surface area contributed by atoms with Crippen LogP contribution in [0.2, 0.25) is 0 Å². The lowest BCUT2D eigenvalue weighted by Crippen LogP contribution is -2.28. The van der Waals surface area contributed by atoms with E-state index in [2.05, 4.69) is 4.98 Å². The van der Waals surface area contributed by atoms with Crippen LogP contribution >= 0.6 is 0 Å². The lowest BCUT2D eigenvalue weighted by Gasteiger charge is -2.24. The van der Waals surface area contributed by atoms with Crippen LogP contribution in [0.3, 0.4) is 0 Å². The molecule has 3 nitrogen and oxygen atoms in total. The number of nitrogens with zero attached hydrogens (tertiary/aromatic N) is 1. The average molecular weight is 303 g/mol. The summed E-state index contributed by atoms with van der Waals surface area (Å²) in [7, 11) is 0. The number of carbonyl (C=O) groups is 2. The number of pyridine rings is 1. The highest BCUT2D eigenvalue weighted by molar-refractivity contribution is 5.86. The summed E-state index contributed by atoms with van der Waals surface area (Å²) in [5, 5.41) is 0. The molecule has 0 atom stereocenters. The molecule has 0 amide bonds. The van der Waals surface area contributed by atoms with Crippen molar-refractivity contribution >= 4 is 11.6 Å². The zero-order valence-corrected chi connectivity index (χ0v) is 14.8. The van der Waals surface area contributed by atoms with E-state index in [1.54, 1.807) is 6.20 Å². The van der Waals surface area contributed by atoms with Crippen LogP contribution in [0.4, 0.5) is 0 Å². The summed E-state index contributed by atoms with van der Waals surface area (Å²) in [6.07, 6.45) is 5.16. The Hall–Kier alpha value is -1.51. The van der Waals surface area contributed by atoms with Crippen molar-refractivity contribution in [3.8, 4) is 0 Å². The van der Waals surface area contributed by atoms with Crippen molar-refractivity contribution in [1.29, 1.82) is 0 Å². The van der Waals surface area contributed by atoms with E-state index < -0.39 is 0 Å².